The molecule has 2 aromatic heterocycles. The number of aryl methyl sites for hydroxylation is 1. The molecule has 0 saturated carbocycles. The second-order valence-corrected chi connectivity index (χ2v) is 8.85. The van der Waals surface area contributed by atoms with E-state index in [0.29, 0.717) is 29.5 Å². The van der Waals surface area contributed by atoms with Crippen LogP contribution in [0.15, 0.2) is 67.0 Å². The van der Waals surface area contributed by atoms with Crippen molar-refractivity contribution in [3.63, 3.8) is 0 Å². The molecule has 0 radical (unpaired) electrons. The Kier molecular flexibility index (Phi) is 6.02. The van der Waals surface area contributed by atoms with Crippen LogP contribution in [0.5, 0.6) is 0 Å². The quantitative estimate of drug-likeness (QED) is 0.435. The van der Waals surface area contributed by atoms with Crippen LogP contribution in [0.2, 0.25) is 5.02 Å². The first kappa shape index (κ1) is 22.1. The predicted octanol–water partition coefficient (Wildman–Crippen LogP) is 4.56. The summed E-state index contributed by atoms with van der Waals surface area (Å²) in [5.41, 5.74) is 6.29. The molecule has 8 heteroatoms. The highest BCUT2D eigenvalue weighted by Gasteiger charge is 2.29. The molecule has 172 valence electrons. The summed E-state index contributed by atoms with van der Waals surface area (Å²) in [7, 11) is 0. The molecule has 2 aromatic carbocycles. The average Bonchev–Trinajstić information content (AvgIpc) is 3.31. The van der Waals surface area contributed by atoms with Crippen molar-refractivity contribution in [2.24, 2.45) is 0 Å². The van der Waals surface area contributed by atoms with E-state index in [1.807, 2.05) is 29.2 Å². The van der Waals surface area contributed by atoms with Crippen LogP contribution in [0, 0.1) is 13.8 Å². The van der Waals surface area contributed by atoms with Gasteiger partial charge in [0.05, 0.1) is 5.69 Å². The van der Waals surface area contributed by atoms with Gasteiger partial charge in [-0.05, 0) is 67.4 Å². The molecule has 1 aliphatic rings. The zero-order valence-corrected chi connectivity index (χ0v) is 19.9. The molecule has 4 aromatic rings. The minimum atomic E-state index is -0.125. The summed E-state index contributed by atoms with van der Waals surface area (Å²) in [4.78, 5) is 22.1. The molecular weight excluding hydrogens is 448 g/mol. The summed E-state index contributed by atoms with van der Waals surface area (Å²) in [6.07, 6.45) is 3.42. The summed E-state index contributed by atoms with van der Waals surface area (Å²) in [5, 5.41) is 9.28. The van der Waals surface area contributed by atoms with Crippen LogP contribution < -0.4 is 4.90 Å². The Labute approximate surface area is 203 Å². The van der Waals surface area contributed by atoms with Crippen LogP contribution >= 0.6 is 11.6 Å². The van der Waals surface area contributed by atoms with Crippen LogP contribution in [0.3, 0.4) is 0 Å². The lowest BCUT2D eigenvalue weighted by molar-refractivity contribution is 0.0741. The first-order valence-corrected chi connectivity index (χ1v) is 11.6. The van der Waals surface area contributed by atoms with Crippen molar-refractivity contribution in [1.82, 2.24) is 24.9 Å². The first-order valence-electron chi connectivity index (χ1n) is 11.3. The number of aromatic nitrogens is 4. The number of halogens is 1. The van der Waals surface area contributed by atoms with Gasteiger partial charge in [0, 0.05) is 54.8 Å². The third kappa shape index (κ3) is 4.15. The fourth-order valence-electron chi connectivity index (χ4n) is 4.33. The lowest BCUT2D eigenvalue weighted by atomic mass is 10.1. The molecule has 0 spiro atoms. The van der Waals surface area contributed by atoms with Crippen molar-refractivity contribution < 1.29 is 4.79 Å². The molecule has 0 aliphatic carbocycles. The third-order valence-corrected chi connectivity index (χ3v) is 6.61. The van der Waals surface area contributed by atoms with Gasteiger partial charge in [0.2, 0.25) is 0 Å². The SMILES string of the molecule is Cc1cccc(N2CCN(C(=O)c3nnn(-c4ccc(Cl)cc4)c3-c3cccnc3)CC2)c1C. The first-order chi connectivity index (χ1) is 16.5. The molecule has 0 unspecified atom stereocenters. The molecule has 0 bridgehead atoms. The highest BCUT2D eigenvalue weighted by molar-refractivity contribution is 6.30. The Hall–Kier alpha value is -3.71. The van der Waals surface area contributed by atoms with Crippen molar-refractivity contribution in [2.45, 2.75) is 13.8 Å². The van der Waals surface area contributed by atoms with Gasteiger partial charge in [0.25, 0.3) is 5.91 Å². The maximum absolute atomic E-state index is 13.6. The summed E-state index contributed by atoms with van der Waals surface area (Å²) in [6.45, 7) is 7.05. The summed E-state index contributed by atoms with van der Waals surface area (Å²) < 4.78 is 1.67. The van der Waals surface area contributed by atoms with Gasteiger partial charge >= 0.3 is 0 Å². The molecule has 1 aliphatic heterocycles. The third-order valence-electron chi connectivity index (χ3n) is 6.36. The van der Waals surface area contributed by atoms with Gasteiger partial charge in [-0.3, -0.25) is 9.78 Å². The van der Waals surface area contributed by atoms with E-state index in [2.05, 4.69) is 52.2 Å². The maximum Gasteiger partial charge on any atom is 0.276 e. The van der Waals surface area contributed by atoms with Gasteiger partial charge in [-0.1, -0.05) is 28.9 Å². The minimum Gasteiger partial charge on any atom is -0.368 e. The number of hydrogen-bond donors (Lipinski definition) is 0. The summed E-state index contributed by atoms with van der Waals surface area (Å²) in [6, 6.07) is 17.4. The van der Waals surface area contributed by atoms with E-state index in [0.717, 1.165) is 24.3 Å². The normalized spacial score (nSPS) is 13.9. The van der Waals surface area contributed by atoms with Crippen LogP contribution in [0.1, 0.15) is 21.6 Å². The lowest BCUT2D eigenvalue weighted by Crippen LogP contribution is -2.49. The monoisotopic (exact) mass is 472 g/mol. The number of piperazine rings is 1. The van der Waals surface area contributed by atoms with Gasteiger partial charge in [0.1, 0.15) is 5.69 Å². The fourth-order valence-corrected chi connectivity index (χ4v) is 4.46. The Morgan fingerprint density at radius 1 is 0.941 bits per heavy atom. The molecule has 1 saturated heterocycles. The summed E-state index contributed by atoms with van der Waals surface area (Å²) in [5.74, 6) is -0.125. The van der Waals surface area contributed by atoms with Gasteiger partial charge in [-0.2, -0.15) is 0 Å². The largest absolute Gasteiger partial charge is 0.368 e. The highest BCUT2D eigenvalue weighted by atomic mass is 35.5. The van der Waals surface area contributed by atoms with Crippen LogP contribution in [0.4, 0.5) is 5.69 Å². The van der Waals surface area contributed by atoms with Crippen LogP contribution in [-0.2, 0) is 0 Å². The second-order valence-electron chi connectivity index (χ2n) is 8.41. The van der Waals surface area contributed by atoms with Gasteiger partial charge in [0.15, 0.2) is 5.69 Å². The number of nitrogens with zero attached hydrogens (tertiary/aromatic N) is 6. The Balaban J connectivity index is 1.43. The average molecular weight is 473 g/mol. The smallest absolute Gasteiger partial charge is 0.276 e. The zero-order chi connectivity index (χ0) is 23.7. The standard InChI is InChI=1S/C26H25ClN6O/c1-18-5-3-7-23(19(18)2)31-13-15-32(16-14-31)26(34)24-25(20-6-4-12-28-17-20)33(30-29-24)22-10-8-21(27)9-11-22/h3-12,17H,13-16H2,1-2H3. The number of carbonyl (C=O) groups is 1. The molecular formula is C26H25ClN6O. The van der Waals surface area contributed by atoms with E-state index >= 15 is 0 Å². The Morgan fingerprint density at radius 2 is 1.71 bits per heavy atom. The predicted molar refractivity (Wildman–Crippen MR) is 134 cm³/mol. The summed E-state index contributed by atoms with van der Waals surface area (Å²) >= 11 is 6.07. The molecule has 0 atom stereocenters. The number of benzene rings is 2. The molecule has 34 heavy (non-hydrogen) atoms. The van der Waals surface area contributed by atoms with E-state index < -0.39 is 0 Å². The van der Waals surface area contributed by atoms with Gasteiger partial charge < -0.3 is 9.80 Å². The molecule has 1 amide bonds. The van der Waals surface area contributed by atoms with E-state index in [1.54, 1.807) is 29.2 Å². The Morgan fingerprint density at radius 3 is 2.41 bits per heavy atom. The van der Waals surface area contributed by atoms with Crippen molar-refractivity contribution in [2.75, 3.05) is 31.1 Å². The topological polar surface area (TPSA) is 67.2 Å². The molecule has 7 nitrogen and oxygen atoms in total. The Bertz CT molecular complexity index is 1310. The van der Waals surface area contributed by atoms with Crippen molar-refractivity contribution in [3.05, 3.63) is 88.8 Å². The fraction of sp³-hybridized carbons (Fsp3) is 0.231. The number of rotatable bonds is 4. The molecule has 1 fully saturated rings. The number of pyridine rings is 1. The van der Waals surface area contributed by atoms with E-state index in [9.17, 15) is 4.79 Å². The van der Waals surface area contributed by atoms with Gasteiger partial charge in [-0.25, -0.2) is 4.68 Å². The number of hydrogen-bond acceptors (Lipinski definition) is 5. The minimum absolute atomic E-state index is 0.125. The van der Waals surface area contributed by atoms with E-state index in [4.69, 9.17) is 11.6 Å². The number of amides is 1. The lowest BCUT2D eigenvalue weighted by Gasteiger charge is -2.36. The number of carbonyl (C=O) groups excluding carboxylic acids is 1. The maximum atomic E-state index is 13.6. The van der Waals surface area contributed by atoms with Crippen molar-refractivity contribution in [3.8, 4) is 16.9 Å². The van der Waals surface area contributed by atoms with E-state index in [-0.39, 0.29) is 5.91 Å². The highest BCUT2D eigenvalue weighted by Crippen LogP contribution is 2.28. The van der Waals surface area contributed by atoms with Gasteiger partial charge in [-0.15, -0.1) is 5.10 Å². The second kappa shape index (κ2) is 9.27. The zero-order valence-electron chi connectivity index (χ0n) is 19.1. The molecule has 5 rings (SSSR count). The molecule has 3 heterocycles. The van der Waals surface area contributed by atoms with Crippen LogP contribution in [-0.4, -0.2) is 57.0 Å². The molecule has 0 N–H and O–H groups in total. The van der Waals surface area contributed by atoms with Crippen LogP contribution in [0.25, 0.3) is 16.9 Å². The van der Waals surface area contributed by atoms with E-state index in [1.165, 1.54) is 16.8 Å². The van der Waals surface area contributed by atoms with Crippen molar-refractivity contribution in [1.29, 1.82) is 0 Å². The number of anilines is 1. The van der Waals surface area contributed by atoms with Crippen molar-refractivity contribution >= 4 is 23.2 Å².